The van der Waals surface area contributed by atoms with E-state index in [2.05, 4.69) is 23.2 Å². The fourth-order valence-corrected chi connectivity index (χ4v) is 3.55. The third-order valence-electron chi connectivity index (χ3n) is 5.06. The van der Waals surface area contributed by atoms with Crippen LogP contribution in [0.15, 0.2) is 59.5 Å². The van der Waals surface area contributed by atoms with E-state index in [1.165, 1.54) is 5.56 Å². The number of benzene rings is 2. The minimum atomic E-state index is -0.163. The van der Waals surface area contributed by atoms with Crippen molar-refractivity contribution in [3.63, 3.8) is 0 Å². The smallest absolute Gasteiger partial charge is 0.265 e. The second-order valence-corrected chi connectivity index (χ2v) is 7.03. The third-order valence-corrected chi connectivity index (χ3v) is 5.06. The van der Waals surface area contributed by atoms with Crippen molar-refractivity contribution >= 4 is 10.9 Å². The first-order valence-electron chi connectivity index (χ1n) is 9.07. The van der Waals surface area contributed by atoms with E-state index in [4.69, 9.17) is 0 Å². The van der Waals surface area contributed by atoms with E-state index in [-0.39, 0.29) is 11.6 Å². The molecule has 0 fully saturated rings. The van der Waals surface area contributed by atoms with Crippen LogP contribution in [0.4, 0.5) is 0 Å². The van der Waals surface area contributed by atoms with E-state index in [1.807, 2.05) is 63.2 Å². The number of hydrogen-bond acceptors (Lipinski definition) is 3. The minimum absolute atomic E-state index is 0.135. The lowest BCUT2D eigenvalue weighted by Gasteiger charge is -2.16. The number of aryl methyl sites for hydroxylation is 3. The molecule has 2 aromatic carbocycles. The van der Waals surface area contributed by atoms with Crippen molar-refractivity contribution in [1.29, 1.82) is 0 Å². The van der Waals surface area contributed by atoms with Crippen LogP contribution in [0.5, 0.6) is 0 Å². The maximum Gasteiger partial charge on any atom is 0.293 e. The van der Waals surface area contributed by atoms with E-state index < -0.39 is 0 Å². The summed E-state index contributed by atoms with van der Waals surface area (Å²) in [6.45, 7) is 8.01. The first-order chi connectivity index (χ1) is 13.0. The third kappa shape index (κ3) is 2.85. The monoisotopic (exact) mass is 358 g/mol. The number of nitrogens with zero attached hydrogens (tertiary/aromatic N) is 4. The molecule has 0 N–H and O–H groups in total. The van der Waals surface area contributed by atoms with Gasteiger partial charge in [0.05, 0.1) is 23.6 Å². The highest BCUT2D eigenvalue weighted by Gasteiger charge is 2.19. The van der Waals surface area contributed by atoms with Crippen molar-refractivity contribution < 1.29 is 0 Å². The first kappa shape index (κ1) is 17.2. The Kier molecular flexibility index (Phi) is 4.15. The summed E-state index contributed by atoms with van der Waals surface area (Å²) in [5.74, 6) is 0. The molecule has 0 saturated heterocycles. The van der Waals surface area contributed by atoms with Crippen molar-refractivity contribution in [2.45, 2.75) is 33.7 Å². The highest BCUT2D eigenvalue weighted by molar-refractivity contribution is 5.81. The zero-order valence-electron chi connectivity index (χ0n) is 16.0. The summed E-state index contributed by atoms with van der Waals surface area (Å²) in [6, 6.07) is 15.9. The van der Waals surface area contributed by atoms with Crippen LogP contribution in [0.25, 0.3) is 16.6 Å². The molecule has 0 spiro atoms. The van der Waals surface area contributed by atoms with Crippen LogP contribution >= 0.6 is 0 Å². The Balaban J connectivity index is 1.97. The summed E-state index contributed by atoms with van der Waals surface area (Å²) in [7, 11) is 0. The van der Waals surface area contributed by atoms with Gasteiger partial charge in [0.1, 0.15) is 5.52 Å². The molecular formula is C22H22N4O. The molecule has 5 nitrogen and oxygen atoms in total. The first-order valence-corrected chi connectivity index (χ1v) is 9.07. The summed E-state index contributed by atoms with van der Waals surface area (Å²) in [5, 5.41) is 9.87. The number of aromatic nitrogens is 4. The molecule has 1 unspecified atom stereocenters. The van der Waals surface area contributed by atoms with E-state index in [0.29, 0.717) is 5.52 Å². The van der Waals surface area contributed by atoms with Crippen LogP contribution in [-0.4, -0.2) is 19.6 Å². The van der Waals surface area contributed by atoms with E-state index in [9.17, 15) is 4.79 Å². The van der Waals surface area contributed by atoms with Gasteiger partial charge < -0.3 is 0 Å². The van der Waals surface area contributed by atoms with Crippen LogP contribution < -0.4 is 5.56 Å². The molecule has 0 radical (unpaired) electrons. The van der Waals surface area contributed by atoms with Crippen molar-refractivity contribution in [3.8, 4) is 5.69 Å². The summed E-state index contributed by atoms with van der Waals surface area (Å²) in [4.78, 5) is 13.4. The van der Waals surface area contributed by atoms with Gasteiger partial charge in [0.15, 0.2) is 0 Å². The average molecular weight is 358 g/mol. The van der Waals surface area contributed by atoms with Crippen molar-refractivity contribution in [2.75, 3.05) is 0 Å². The molecule has 2 heterocycles. The molecular weight excluding hydrogens is 336 g/mol. The number of fused-ring (bicyclic) bond motifs is 1. The second-order valence-electron chi connectivity index (χ2n) is 7.03. The molecule has 27 heavy (non-hydrogen) atoms. The maximum absolute atomic E-state index is 13.4. The molecule has 1 atom stereocenters. The molecule has 0 bridgehead atoms. The normalized spacial score (nSPS) is 12.4. The van der Waals surface area contributed by atoms with Gasteiger partial charge in [-0.15, -0.1) is 0 Å². The van der Waals surface area contributed by atoms with Gasteiger partial charge in [-0.05, 0) is 44.9 Å². The fourth-order valence-electron chi connectivity index (χ4n) is 3.55. The Morgan fingerprint density at radius 1 is 1.00 bits per heavy atom. The van der Waals surface area contributed by atoms with Gasteiger partial charge in [-0.1, -0.05) is 48.0 Å². The SMILES string of the molecule is Cc1ccc(-n2ncc3c(C)nn(C(C)c4ccccc4)c(=O)c32)c(C)c1. The van der Waals surface area contributed by atoms with Gasteiger partial charge in [0.2, 0.25) is 0 Å². The van der Waals surface area contributed by atoms with Crippen molar-refractivity contribution in [3.05, 3.63) is 87.5 Å². The Labute approximate surface area is 157 Å². The van der Waals surface area contributed by atoms with E-state index in [0.717, 1.165) is 27.9 Å². The van der Waals surface area contributed by atoms with Gasteiger partial charge in [0, 0.05) is 5.39 Å². The lowest BCUT2D eigenvalue weighted by Crippen LogP contribution is -2.28. The summed E-state index contributed by atoms with van der Waals surface area (Å²) >= 11 is 0. The van der Waals surface area contributed by atoms with Crippen molar-refractivity contribution in [2.24, 2.45) is 0 Å². The Morgan fingerprint density at radius 2 is 1.74 bits per heavy atom. The molecule has 0 aliphatic heterocycles. The molecule has 2 aromatic heterocycles. The number of rotatable bonds is 3. The average Bonchev–Trinajstić information content (AvgIpc) is 3.10. The molecule has 0 aliphatic carbocycles. The van der Waals surface area contributed by atoms with Gasteiger partial charge in [-0.3, -0.25) is 4.79 Å². The lowest BCUT2D eigenvalue weighted by atomic mass is 10.1. The fraction of sp³-hybridized carbons (Fsp3) is 0.227. The van der Waals surface area contributed by atoms with Crippen LogP contribution in [0.2, 0.25) is 0 Å². The largest absolute Gasteiger partial charge is 0.293 e. The summed E-state index contributed by atoms with van der Waals surface area (Å²) in [6.07, 6.45) is 1.73. The van der Waals surface area contributed by atoms with Gasteiger partial charge in [-0.2, -0.15) is 10.2 Å². The molecule has 0 aliphatic rings. The molecule has 0 amide bonds. The molecule has 4 aromatic rings. The number of hydrogen-bond donors (Lipinski definition) is 0. The second kappa shape index (κ2) is 6.50. The van der Waals surface area contributed by atoms with E-state index >= 15 is 0 Å². The molecule has 136 valence electrons. The van der Waals surface area contributed by atoms with Crippen LogP contribution in [0.1, 0.15) is 35.3 Å². The summed E-state index contributed by atoms with van der Waals surface area (Å²) < 4.78 is 3.31. The summed E-state index contributed by atoms with van der Waals surface area (Å²) in [5.41, 5.74) is 5.45. The van der Waals surface area contributed by atoms with Gasteiger partial charge in [-0.25, -0.2) is 9.36 Å². The Morgan fingerprint density at radius 3 is 2.44 bits per heavy atom. The zero-order valence-corrected chi connectivity index (χ0v) is 16.0. The van der Waals surface area contributed by atoms with Gasteiger partial charge >= 0.3 is 0 Å². The van der Waals surface area contributed by atoms with Crippen LogP contribution in [0, 0.1) is 20.8 Å². The topological polar surface area (TPSA) is 52.7 Å². The Bertz CT molecular complexity index is 1190. The van der Waals surface area contributed by atoms with E-state index in [1.54, 1.807) is 15.6 Å². The molecule has 4 rings (SSSR count). The zero-order chi connectivity index (χ0) is 19.1. The van der Waals surface area contributed by atoms with Crippen LogP contribution in [0.3, 0.4) is 0 Å². The molecule has 0 saturated carbocycles. The van der Waals surface area contributed by atoms with Gasteiger partial charge in [0.25, 0.3) is 5.56 Å². The molecule has 5 heteroatoms. The Hall–Kier alpha value is -3.21. The highest BCUT2D eigenvalue weighted by Crippen LogP contribution is 2.22. The highest BCUT2D eigenvalue weighted by atomic mass is 16.1. The predicted octanol–water partition coefficient (Wildman–Crippen LogP) is 4.12. The minimum Gasteiger partial charge on any atom is -0.265 e. The quantitative estimate of drug-likeness (QED) is 0.554. The maximum atomic E-state index is 13.4. The predicted molar refractivity (Wildman–Crippen MR) is 108 cm³/mol. The van der Waals surface area contributed by atoms with Crippen molar-refractivity contribution in [1.82, 2.24) is 19.6 Å². The standard InChI is InChI=1S/C22H22N4O/c1-14-10-11-20(15(2)12-14)26-21-19(13-23-26)16(3)24-25(22(21)27)17(4)18-8-6-5-7-9-18/h5-13,17H,1-4H3. The lowest BCUT2D eigenvalue weighted by molar-refractivity contribution is 0.530. The van der Waals surface area contributed by atoms with Crippen LogP contribution in [-0.2, 0) is 0 Å².